The van der Waals surface area contributed by atoms with E-state index in [9.17, 15) is 0 Å². The summed E-state index contributed by atoms with van der Waals surface area (Å²) in [6.45, 7) is 4.20. The molecule has 20 heavy (non-hydrogen) atoms. The topological polar surface area (TPSA) is 38.0 Å². The van der Waals surface area contributed by atoms with Gasteiger partial charge in [-0.3, -0.25) is 0 Å². The molecule has 1 atom stereocenters. The maximum atomic E-state index is 6.18. The standard InChI is InChI=1S/C16H17ClN2S/c1-10-6-3-4-7-12(10)11(2)19-14-9-5-8-13(17)15(14)16(18)20/h3-9,11,19H,1-2H3,(H2,18,20). The number of nitrogens with one attached hydrogen (secondary N) is 1. The molecular weight excluding hydrogens is 288 g/mol. The molecule has 2 aromatic rings. The first kappa shape index (κ1) is 14.8. The van der Waals surface area contributed by atoms with Crippen LogP contribution in [0.5, 0.6) is 0 Å². The molecule has 1 unspecified atom stereocenters. The first-order valence-corrected chi connectivity index (χ1v) is 7.19. The molecule has 0 aliphatic heterocycles. The van der Waals surface area contributed by atoms with Crippen LogP contribution in [0.25, 0.3) is 0 Å². The summed E-state index contributed by atoms with van der Waals surface area (Å²) in [6, 6.07) is 14.0. The molecule has 0 aliphatic rings. The van der Waals surface area contributed by atoms with Crippen molar-refractivity contribution < 1.29 is 0 Å². The van der Waals surface area contributed by atoms with Gasteiger partial charge in [0.2, 0.25) is 0 Å². The predicted octanol–water partition coefficient (Wildman–Crippen LogP) is 4.46. The van der Waals surface area contributed by atoms with Gasteiger partial charge in [-0.05, 0) is 37.1 Å². The van der Waals surface area contributed by atoms with Crippen molar-refractivity contribution in [2.45, 2.75) is 19.9 Å². The van der Waals surface area contributed by atoms with Gasteiger partial charge in [-0.2, -0.15) is 0 Å². The van der Waals surface area contributed by atoms with Crippen molar-refractivity contribution in [2.75, 3.05) is 5.32 Å². The van der Waals surface area contributed by atoms with Crippen molar-refractivity contribution in [1.82, 2.24) is 0 Å². The molecule has 104 valence electrons. The van der Waals surface area contributed by atoms with Gasteiger partial charge in [-0.15, -0.1) is 0 Å². The number of rotatable bonds is 4. The van der Waals surface area contributed by atoms with Gasteiger partial charge in [0, 0.05) is 11.7 Å². The Kier molecular flexibility index (Phi) is 4.63. The second-order valence-electron chi connectivity index (χ2n) is 4.75. The van der Waals surface area contributed by atoms with Gasteiger partial charge in [0.25, 0.3) is 0 Å². The van der Waals surface area contributed by atoms with Crippen LogP contribution in [0.1, 0.15) is 29.7 Å². The Morgan fingerprint density at radius 2 is 1.90 bits per heavy atom. The summed E-state index contributed by atoms with van der Waals surface area (Å²) in [5.41, 5.74) is 9.81. The van der Waals surface area contributed by atoms with E-state index in [-0.39, 0.29) is 6.04 Å². The van der Waals surface area contributed by atoms with E-state index < -0.39 is 0 Å². The Balaban J connectivity index is 2.33. The predicted molar refractivity (Wildman–Crippen MR) is 90.6 cm³/mol. The van der Waals surface area contributed by atoms with Crippen molar-refractivity contribution in [1.29, 1.82) is 0 Å². The summed E-state index contributed by atoms with van der Waals surface area (Å²) in [5, 5.41) is 4.01. The highest BCUT2D eigenvalue weighted by Crippen LogP contribution is 2.28. The molecular formula is C16H17ClN2S. The summed E-state index contributed by atoms with van der Waals surface area (Å²) in [4.78, 5) is 0.301. The highest BCUT2D eigenvalue weighted by atomic mass is 35.5. The Hall–Kier alpha value is -1.58. The molecule has 0 amide bonds. The van der Waals surface area contributed by atoms with Crippen molar-refractivity contribution in [3.63, 3.8) is 0 Å². The number of aryl methyl sites for hydroxylation is 1. The normalized spacial score (nSPS) is 11.9. The Morgan fingerprint density at radius 1 is 1.20 bits per heavy atom. The van der Waals surface area contributed by atoms with E-state index in [0.717, 1.165) is 5.69 Å². The smallest absolute Gasteiger partial charge is 0.107 e. The van der Waals surface area contributed by atoms with Crippen LogP contribution in [0.2, 0.25) is 5.02 Å². The molecule has 0 aromatic heterocycles. The van der Waals surface area contributed by atoms with Gasteiger partial charge >= 0.3 is 0 Å². The van der Waals surface area contributed by atoms with E-state index in [4.69, 9.17) is 29.6 Å². The Labute approximate surface area is 130 Å². The number of hydrogen-bond acceptors (Lipinski definition) is 2. The fraction of sp³-hybridized carbons (Fsp3) is 0.188. The molecule has 0 spiro atoms. The highest BCUT2D eigenvalue weighted by Gasteiger charge is 2.13. The number of thiocarbonyl (C=S) groups is 1. The molecule has 0 radical (unpaired) electrons. The lowest BCUT2D eigenvalue weighted by Crippen LogP contribution is -2.16. The molecule has 2 rings (SSSR count). The van der Waals surface area contributed by atoms with Crippen LogP contribution < -0.4 is 11.1 Å². The van der Waals surface area contributed by atoms with Gasteiger partial charge in [0.1, 0.15) is 4.99 Å². The van der Waals surface area contributed by atoms with E-state index in [1.807, 2.05) is 24.3 Å². The average molecular weight is 305 g/mol. The molecule has 2 aromatic carbocycles. The summed E-state index contributed by atoms with van der Waals surface area (Å²) >= 11 is 11.3. The molecule has 0 bridgehead atoms. The largest absolute Gasteiger partial charge is 0.389 e. The van der Waals surface area contributed by atoms with Gasteiger partial charge in [-0.1, -0.05) is 54.2 Å². The van der Waals surface area contributed by atoms with Gasteiger partial charge in [0.15, 0.2) is 0 Å². The molecule has 3 N–H and O–H groups in total. The first-order chi connectivity index (χ1) is 9.50. The quantitative estimate of drug-likeness (QED) is 0.819. The summed E-state index contributed by atoms with van der Waals surface area (Å²) in [7, 11) is 0. The molecule has 0 saturated heterocycles. The second kappa shape index (κ2) is 6.25. The number of nitrogens with two attached hydrogens (primary N) is 1. The Bertz CT molecular complexity index is 640. The zero-order chi connectivity index (χ0) is 14.7. The lowest BCUT2D eigenvalue weighted by atomic mass is 10.0. The third-order valence-corrected chi connectivity index (χ3v) is 3.81. The maximum absolute atomic E-state index is 6.18. The van der Waals surface area contributed by atoms with E-state index >= 15 is 0 Å². The highest BCUT2D eigenvalue weighted by molar-refractivity contribution is 7.80. The zero-order valence-electron chi connectivity index (χ0n) is 11.5. The minimum Gasteiger partial charge on any atom is -0.389 e. The van der Waals surface area contributed by atoms with Crippen LogP contribution in [-0.4, -0.2) is 4.99 Å². The van der Waals surface area contributed by atoms with Gasteiger partial charge in [-0.25, -0.2) is 0 Å². The molecule has 4 heteroatoms. The van der Waals surface area contributed by atoms with Gasteiger partial charge in [0.05, 0.1) is 10.6 Å². The Morgan fingerprint density at radius 3 is 2.55 bits per heavy atom. The van der Waals surface area contributed by atoms with E-state index in [0.29, 0.717) is 15.6 Å². The number of hydrogen-bond donors (Lipinski definition) is 2. The monoisotopic (exact) mass is 304 g/mol. The van der Waals surface area contributed by atoms with Crippen LogP contribution in [0.3, 0.4) is 0 Å². The number of anilines is 1. The van der Waals surface area contributed by atoms with Crippen molar-refractivity contribution in [3.05, 3.63) is 64.2 Å². The van der Waals surface area contributed by atoms with Crippen LogP contribution in [0.15, 0.2) is 42.5 Å². The van der Waals surface area contributed by atoms with Crippen LogP contribution in [0, 0.1) is 6.92 Å². The third kappa shape index (κ3) is 3.11. The molecule has 2 nitrogen and oxygen atoms in total. The van der Waals surface area contributed by atoms with E-state index in [2.05, 4.69) is 31.3 Å². The van der Waals surface area contributed by atoms with Gasteiger partial charge < -0.3 is 11.1 Å². The SMILES string of the molecule is Cc1ccccc1C(C)Nc1cccc(Cl)c1C(N)=S. The third-order valence-electron chi connectivity index (χ3n) is 3.29. The lowest BCUT2D eigenvalue weighted by Gasteiger charge is -2.20. The van der Waals surface area contributed by atoms with Crippen LogP contribution >= 0.6 is 23.8 Å². The van der Waals surface area contributed by atoms with Crippen molar-refractivity contribution >= 4 is 34.5 Å². The fourth-order valence-corrected chi connectivity index (χ4v) is 2.83. The molecule has 0 saturated carbocycles. The number of halogens is 1. The first-order valence-electron chi connectivity index (χ1n) is 6.41. The minimum absolute atomic E-state index is 0.141. The second-order valence-corrected chi connectivity index (χ2v) is 5.60. The summed E-state index contributed by atoms with van der Waals surface area (Å²) < 4.78 is 0. The van der Waals surface area contributed by atoms with Crippen LogP contribution in [0.4, 0.5) is 5.69 Å². The molecule has 0 heterocycles. The zero-order valence-corrected chi connectivity index (χ0v) is 13.1. The summed E-state index contributed by atoms with van der Waals surface area (Å²) in [5.74, 6) is 0. The molecule has 0 aliphatic carbocycles. The van der Waals surface area contributed by atoms with E-state index in [1.54, 1.807) is 6.07 Å². The minimum atomic E-state index is 0.141. The summed E-state index contributed by atoms with van der Waals surface area (Å²) in [6.07, 6.45) is 0. The van der Waals surface area contributed by atoms with Crippen molar-refractivity contribution in [2.24, 2.45) is 5.73 Å². The van der Waals surface area contributed by atoms with Crippen molar-refractivity contribution in [3.8, 4) is 0 Å². The molecule has 0 fully saturated rings. The maximum Gasteiger partial charge on any atom is 0.107 e. The van der Waals surface area contributed by atoms with Crippen LogP contribution in [-0.2, 0) is 0 Å². The van der Waals surface area contributed by atoms with E-state index in [1.165, 1.54) is 11.1 Å². The fourth-order valence-electron chi connectivity index (χ4n) is 2.28. The number of benzene rings is 2. The lowest BCUT2D eigenvalue weighted by molar-refractivity contribution is 0.874. The average Bonchev–Trinajstić information content (AvgIpc) is 2.38.